The zero-order chi connectivity index (χ0) is 0. The van der Waals surface area contributed by atoms with Crippen molar-refractivity contribution in [1.82, 2.24) is 0 Å². The van der Waals surface area contributed by atoms with Gasteiger partial charge < -0.3 is 115 Å². The Labute approximate surface area is 192 Å². The Bertz CT molecular complexity index is 30.7. The molecule has 12 nitrogen and oxygen atoms in total. The fourth-order valence-electron chi connectivity index (χ4n) is 0. The Morgan fingerprint density at radius 3 is 0.200 bits per heavy atom. The van der Waals surface area contributed by atoms with E-state index in [-0.39, 0.29) is 194 Å². The normalized spacial score (nSPS) is 0. The van der Waals surface area contributed by atoms with Gasteiger partial charge in [-0.3, -0.25) is 0 Å². The van der Waals surface area contributed by atoms with E-state index in [2.05, 4.69) is 0 Å². The van der Waals surface area contributed by atoms with Crippen molar-refractivity contribution in [2.24, 2.45) is 0 Å². The van der Waals surface area contributed by atoms with Crippen LogP contribution in [0.5, 0.6) is 0 Å². The first-order chi connectivity index (χ1) is 0. The second-order valence-electron chi connectivity index (χ2n) is 0. The first-order valence-corrected chi connectivity index (χ1v) is 0. The van der Waals surface area contributed by atoms with Crippen LogP contribution in [0.3, 0.4) is 0 Å². The number of hydrogen-bond donors (Lipinski definition) is 0. The molecule has 0 aromatic heterocycles. The van der Waals surface area contributed by atoms with Crippen molar-refractivity contribution < 1.29 is 142 Å². The number of hydrogen-bond acceptors (Lipinski definition) is 12. The van der Waals surface area contributed by atoms with Crippen molar-refractivity contribution in [2.75, 3.05) is 0 Å². The molecule has 0 aliphatic carbocycles. The van der Waals surface area contributed by atoms with E-state index in [9.17, 15) is 0 Å². The second kappa shape index (κ2) is 993. The molecule has 0 aliphatic rings. The summed E-state index contributed by atoms with van der Waals surface area (Å²) in [6.07, 6.45) is 0. The Hall–Kier alpha value is 3.16. The Morgan fingerprint density at radius 2 is 0.200 bits per heavy atom. The average Bonchev–Trinajstić information content (AvgIpc) is 0. The van der Waals surface area contributed by atoms with Crippen molar-refractivity contribution in [1.29, 1.82) is 0 Å². The van der Waals surface area contributed by atoms with Gasteiger partial charge in [0.1, 0.15) is 0 Å². The fraction of sp³-hybridized carbons (Fsp3) is 0. The van der Waals surface area contributed by atoms with Crippen molar-refractivity contribution in [3.8, 4) is 0 Å². The molecule has 0 spiro atoms. The predicted molar refractivity (Wildman–Crippen MR) is 40.5 cm³/mol. The van der Waals surface area contributed by atoms with Crippen molar-refractivity contribution in [3.63, 3.8) is 0 Å². The first-order valence-electron chi connectivity index (χ1n) is 0. The molecule has 20 heavy (non-hydrogen) atoms. The van der Waals surface area contributed by atoms with Crippen LogP contribution in [0.15, 0.2) is 0 Å². The number of rotatable bonds is 0. The molecular formula is H12Al3Cl4O12Zr-12. The first kappa shape index (κ1) is 1140. The minimum Gasteiger partial charge on any atom is -1.00 e. The molecule has 0 heterocycles. The molecule has 0 fully saturated rings. The molecule has 0 atom stereocenters. The molecule has 0 rings (SSSR count). The van der Waals surface area contributed by atoms with Gasteiger partial charge in [-0.15, -0.1) is 0 Å². The van der Waals surface area contributed by atoms with Crippen LogP contribution in [0, 0.1) is 0 Å². The van der Waals surface area contributed by atoms with E-state index in [1.54, 1.807) is 0 Å². The molecule has 12 N–H and O–H groups in total. The van der Waals surface area contributed by atoms with Gasteiger partial charge in [0.05, 0.1) is 0 Å². The SMILES string of the molecule is [Al].[Al].[Al].[Cl-].[Cl-].[Cl-].[Cl-].[OH-].[OH-].[OH-].[OH-].[OH-].[OH-].[OH-].[OH-].[OH-].[OH-].[OH-].[OH-].[Zr+4]. The smallest absolute Gasteiger partial charge is 1.00 e. The van der Waals surface area contributed by atoms with E-state index in [0.29, 0.717) is 0 Å². The summed E-state index contributed by atoms with van der Waals surface area (Å²) in [6.45, 7) is 0. The van der Waals surface area contributed by atoms with Crippen LogP contribution in [0.25, 0.3) is 0 Å². The van der Waals surface area contributed by atoms with E-state index < -0.39 is 0 Å². The largest absolute Gasteiger partial charge is 4.00 e. The van der Waals surface area contributed by atoms with Crippen LogP contribution < -0.4 is 49.6 Å². The Morgan fingerprint density at radius 1 is 0.200 bits per heavy atom. The molecular weight excluding hydrogens is 506 g/mol. The van der Waals surface area contributed by atoms with Gasteiger partial charge in [-0.1, -0.05) is 0 Å². The monoisotopic (exact) mass is 515 g/mol. The quantitative estimate of drug-likeness (QED) is 0.270. The Balaban J connectivity index is 0. The topological polar surface area (TPSA) is 360 Å². The maximum absolute atomic E-state index is 0. The third kappa shape index (κ3) is 861. The maximum atomic E-state index is 0. The summed E-state index contributed by atoms with van der Waals surface area (Å²) < 4.78 is 0. The fourth-order valence-corrected chi connectivity index (χ4v) is 0. The average molecular weight is 518 g/mol. The predicted octanol–water partition coefficient (Wildman–Crippen LogP) is -15.3. The maximum Gasteiger partial charge on any atom is 4.00 e. The summed E-state index contributed by atoms with van der Waals surface area (Å²) in [5, 5.41) is 0. The summed E-state index contributed by atoms with van der Waals surface area (Å²) in [6, 6.07) is 0. The van der Waals surface area contributed by atoms with Gasteiger partial charge >= 0.3 is 26.2 Å². The van der Waals surface area contributed by atoms with Crippen LogP contribution in [-0.2, 0) is 26.2 Å². The summed E-state index contributed by atoms with van der Waals surface area (Å²) in [5.41, 5.74) is 0. The molecule has 0 unspecified atom stereocenters. The van der Waals surface area contributed by atoms with Crippen molar-refractivity contribution in [2.45, 2.75) is 0 Å². The summed E-state index contributed by atoms with van der Waals surface area (Å²) in [5.74, 6) is 0. The third-order valence-electron chi connectivity index (χ3n) is 0. The Kier molecular flexibility index (Phi) is 56600. The third-order valence-corrected chi connectivity index (χ3v) is 0. The van der Waals surface area contributed by atoms with Gasteiger partial charge in [0.25, 0.3) is 0 Å². The van der Waals surface area contributed by atoms with E-state index >= 15 is 0 Å². The van der Waals surface area contributed by atoms with Crippen molar-refractivity contribution >= 4 is 52.1 Å². The molecule has 0 aliphatic heterocycles. The van der Waals surface area contributed by atoms with Gasteiger partial charge in [0.2, 0.25) is 0 Å². The molecule has 0 aromatic rings. The van der Waals surface area contributed by atoms with Gasteiger partial charge in [-0.25, -0.2) is 0 Å². The van der Waals surface area contributed by atoms with Gasteiger partial charge in [0.15, 0.2) is 0 Å². The molecule has 0 saturated heterocycles. The molecule has 137 valence electrons. The van der Waals surface area contributed by atoms with Crippen LogP contribution in [0.2, 0.25) is 0 Å². The summed E-state index contributed by atoms with van der Waals surface area (Å²) >= 11 is 0. The van der Waals surface area contributed by atoms with E-state index in [1.165, 1.54) is 0 Å². The second-order valence-corrected chi connectivity index (χ2v) is 0. The van der Waals surface area contributed by atoms with Crippen molar-refractivity contribution in [3.05, 3.63) is 0 Å². The van der Waals surface area contributed by atoms with Crippen LogP contribution >= 0.6 is 0 Å². The van der Waals surface area contributed by atoms with Gasteiger partial charge in [-0.05, 0) is 0 Å². The molecule has 0 saturated carbocycles. The van der Waals surface area contributed by atoms with E-state index in [1.807, 2.05) is 0 Å². The van der Waals surface area contributed by atoms with Gasteiger partial charge in [0, 0.05) is 52.1 Å². The zero-order valence-electron chi connectivity index (χ0n) is 9.11. The number of halogens is 4. The van der Waals surface area contributed by atoms with E-state index in [0.717, 1.165) is 0 Å². The minimum absolute atomic E-state index is 0. The minimum atomic E-state index is 0. The van der Waals surface area contributed by atoms with Crippen LogP contribution in [0.4, 0.5) is 0 Å². The molecule has 20 heteroatoms. The molecule has 0 bridgehead atoms. The standard InChI is InChI=1S/3Al.4ClH.12H2O.Zr/h;;;4*1H;12*1H2;/q;;;;;;;;;;;;;;;;;;;+4/p-16. The van der Waals surface area contributed by atoms with Gasteiger partial charge in [-0.2, -0.15) is 0 Å². The van der Waals surface area contributed by atoms with E-state index in [4.69, 9.17) is 0 Å². The zero-order valence-corrected chi connectivity index (χ0v) is 18.1. The molecule has 0 amide bonds. The summed E-state index contributed by atoms with van der Waals surface area (Å²) in [7, 11) is 0. The summed E-state index contributed by atoms with van der Waals surface area (Å²) in [4.78, 5) is 0. The van der Waals surface area contributed by atoms with Crippen LogP contribution in [-0.4, -0.2) is 118 Å². The molecule has 9 radical (unpaired) electrons. The molecule has 0 aromatic carbocycles. The van der Waals surface area contributed by atoms with Crippen LogP contribution in [0.1, 0.15) is 0 Å².